The Kier molecular flexibility index (Phi) is 3.69. The summed E-state index contributed by atoms with van der Waals surface area (Å²) in [5, 5.41) is 3.16. The van der Waals surface area contributed by atoms with Crippen molar-refractivity contribution in [1.29, 1.82) is 0 Å². The predicted octanol–water partition coefficient (Wildman–Crippen LogP) is 2.73. The number of hydrogen-bond donors (Lipinski definition) is 1. The maximum absolute atomic E-state index is 12.7. The van der Waals surface area contributed by atoms with Crippen molar-refractivity contribution >= 4 is 5.91 Å². The zero-order chi connectivity index (χ0) is 16.5. The monoisotopic (exact) mass is 320 g/mol. The normalized spacial score (nSPS) is 16.6. The number of hydrogen-bond acceptors (Lipinski definition) is 2. The van der Waals surface area contributed by atoms with Crippen LogP contribution in [0.1, 0.15) is 28.2 Å². The molecule has 122 valence electrons. The molecule has 24 heavy (non-hydrogen) atoms. The molecule has 0 spiro atoms. The Morgan fingerprint density at radius 1 is 1.25 bits per heavy atom. The van der Waals surface area contributed by atoms with Gasteiger partial charge in [0, 0.05) is 55.0 Å². The van der Waals surface area contributed by atoms with Crippen LogP contribution < -0.4 is 5.32 Å². The van der Waals surface area contributed by atoms with Gasteiger partial charge in [0.05, 0.1) is 0 Å². The molecular weight excluding hydrogens is 300 g/mol. The molecule has 1 aliphatic rings. The van der Waals surface area contributed by atoms with E-state index in [0.29, 0.717) is 5.56 Å². The van der Waals surface area contributed by atoms with Gasteiger partial charge in [0.2, 0.25) is 0 Å². The van der Waals surface area contributed by atoms with Crippen LogP contribution in [-0.2, 0) is 13.0 Å². The molecule has 1 amide bonds. The number of benzene rings is 1. The summed E-state index contributed by atoms with van der Waals surface area (Å²) in [6.07, 6.45) is 9.61. The largest absolute Gasteiger partial charge is 0.347 e. The number of nitrogens with one attached hydrogen (secondary N) is 1. The van der Waals surface area contributed by atoms with E-state index in [1.807, 2.05) is 59.7 Å². The highest BCUT2D eigenvalue weighted by Crippen LogP contribution is 2.18. The summed E-state index contributed by atoms with van der Waals surface area (Å²) in [7, 11) is 0. The highest BCUT2D eigenvalue weighted by Gasteiger charge is 2.21. The number of aromatic nitrogens is 3. The lowest BCUT2D eigenvalue weighted by Gasteiger charge is -2.25. The molecule has 5 nitrogen and oxygen atoms in total. The summed E-state index contributed by atoms with van der Waals surface area (Å²) in [6.45, 7) is 2.84. The molecule has 1 aliphatic heterocycles. The van der Waals surface area contributed by atoms with Crippen molar-refractivity contribution in [3.63, 3.8) is 0 Å². The summed E-state index contributed by atoms with van der Waals surface area (Å²) >= 11 is 0. The number of rotatable bonds is 3. The Bertz CT molecular complexity index is 863. The molecule has 0 aliphatic carbocycles. The number of imidazole rings is 1. The smallest absolute Gasteiger partial charge is 0.251 e. The minimum atomic E-state index is -0.0167. The molecular formula is C19H20N4O. The van der Waals surface area contributed by atoms with Crippen molar-refractivity contribution in [2.75, 3.05) is 0 Å². The van der Waals surface area contributed by atoms with E-state index < -0.39 is 0 Å². The molecule has 1 atom stereocenters. The Labute approximate surface area is 140 Å². The minimum absolute atomic E-state index is 0.0167. The van der Waals surface area contributed by atoms with Crippen LogP contribution in [0.3, 0.4) is 0 Å². The van der Waals surface area contributed by atoms with E-state index in [0.717, 1.165) is 36.5 Å². The lowest BCUT2D eigenvalue weighted by atomic mass is 10.1. The molecule has 0 fully saturated rings. The fraction of sp³-hybridized carbons (Fsp3) is 0.263. The van der Waals surface area contributed by atoms with Gasteiger partial charge in [0.15, 0.2) is 0 Å². The molecule has 0 unspecified atom stereocenters. The van der Waals surface area contributed by atoms with Crippen molar-refractivity contribution in [2.24, 2.45) is 0 Å². The van der Waals surface area contributed by atoms with E-state index in [1.165, 1.54) is 0 Å². The second-order valence-electron chi connectivity index (χ2n) is 6.30. The van der Waals surface area contributed by atoms with Gasteiger partial charge in [-0.1, -0.05) is 6.07 Å². The van der Waals surface area contributed by atoms with Gasteiger partial charge in [0.25, 0.3) is 5.91 Å². The third kappa shape index (κ3) is 2.73. The van der Waals surface area contributed by atoms with Crippen LogP contribution in [0, 0.1) is 6.92 Å². The molecule has 3 aromatic rings. The van der Waals surface area contributed by atoms with Crippen LogP contribution in [0.4, 0.5) is 0 Å². The van der Waals surface area contributed by atoms with E-state index in [-0.39, 0.29) is 11.9 Å². The lowest BCUT2D eigenvalue weighted by molar-refractivity contribution is 0.0927. The average Bonchev–Trinajstić information content (AvgIpc) is 3.26. The van der Waals surface area contributed by atoms with Gasteiger partial charge in [-0.05, 0) is 43.2 Å². The third-order valence-electron chi connectivity index (χ3n) is 4.62. The first-order chi connectivity index (χ1) is 11.7. The second-order valence-corrected chi connectivity index (χ2v) is 6.30. The predicted molar refractivity (Wildman–Crippen MR) is 92.3 cm³/mol. The summed E-state index contributed by atoms with van der Waals surface area (Å²) < 4.78 is 4.15. The molecule has 4 rings (SSSR count). The summed E-state index contributed by atoms with van der Waals surface area (Å²) in [6, 6.07) is 9.96. The first-order valence-electron chi connectivity index (χ1n) is 8.25. The van der Waals surface area contributed by atoms with Crippen LogP contribution in [0.25, 0.3) is 5.69 Å². The van der Waals surface area contributed by atoms with Gasteiger partial charge in [-0.25, -0.2) is 4.98 Å². The van der Waals surface area contributed by atoms with Crippen LogP contribution in [-0.4, -0.2) is 26.1 Å². The number of carbonyl (C=O) groups is 1. The first kappa shape index (κ1) is 14.8. The quantitative estimate of drug-likeness (QED) is 0.807. The van der Waals surface area contributed by atoms with E-state index >= 15 is 0 Å². The SMILES string of the molecule is Cc1ccc(C(=O)N[C@@H]2CCc3nccn3C2)cc1-n1cccc1. The number of aryl methyl sites for hydroxylation is 2. The molecule has 0 saturated heterocycles. The highest BCUT2D eigenvalue weighted by molar-refractivity contribution is 5.95. The first-order valence-corrected chi connectivity index (χ1v) is 8.25. The van der Waals surface area contributed by atoms with Crippen molar-refractivity contribution in [3.8, 4) is 5.69 Å². The summed E-state index contributed by atoms with van der Waals surface area (Å²) in [5.41, 5.74) is 2.87. The Hall–Kier alpha value is -2.82. The molecule has 5 heteroatoms. The maximum atomic E-state index is 12.7. The number of fused-ring (bicyclic) bond motifs is 1. The van der Waals surface area contributed by atoms with E-state index in [2.05, 4.69) is 21.8 Å². The van der Waals surface area contributed by atoms with Crippen molar-refractivity contribution in [2.45, 2.75) is 32.4 Å². The van der Waals surface area contributed by atoms with Crippen LogP contribution in [0.2, 0.25) is 0 Å². The van der Waals surface area contributed by atoms with Crippen molar-refractivity contribution < 1.29 is 4.79 Å². The Morgan fingerprint density at radius 3 is 2.92 bits per heavy atom. The van der Waals surface area contributed by atoms with Crippen LogP contribution in [0.5, 0.6) is 0 Å². The van der Waals surface area contributed by atoms with Gasteiger partial charge in [-0.15, -0.1) is 0 Å². The number of amides is 1. The maximum Gasteiger partial charge on any atom is 0.251 e. The van der Waals surface area contributed by atoms with E-state index in [9.17, 15) is 4.79 Å². The van der Waals surface area contributed by atoms with Gasteiger partial charge in [-0.2, -0.15) is 0 Å². The fourth-order valence-electron chi connectivity index (χ4n) is 3.28. The average molecular weight is 320 g/mol. The van der Waals surface area contributed by atoms with Gasteiger partial charge in [-0.3, -0.25) is 4.79 Å². The molecule has 0 bridgehead atoms. The second kappa shape index (κ2) is 6.00. The zero-order valence-electron chi connectivity index (χ0n) is 13.6. The lowest BCUT2D eigenvalue weighted by Crippen LogP contribution is -2.40. The van der Waals surface area contributed by atoms with Gasteiger partial charge >= 0.3 is 0 Å². The van der Waals surface area contributed by atoms with Gasteiger partial charge in [0.1, 0.15) is 5.82 Å². The molecule has 2 aromatic heterocycles. The number of carbonyl (C=O) groups excluding carboxylic acids is 1. The summed E-state index contributed by atoms with van der Waals surface area (Å²) in [5.74, 6) is 1.09. The molecule has 1 N–H and O–H groups in total. The topological polar surface area (TPSA) is 51.9 Å². The van der Waals surface area contributed by atoms with Crippen LogP contribution in [0.15, 0.2) is 55.1 Å². The molecule has 0 saturated carbocycles. The zero-order valence-corrected chi connectivity index (χ0v) is 13.6. The van der Waals surface area contributed by atoms with Crippen molar-refractivity contribution in [3.05, 3.63) is 72.1 Å². The minimum Gasteiger partial charge on any atom is -0.347 e. The molecule has 3 heterocycles. The van der Waals surface area contributed by atoms with Crippen LogP contribution >= 0.6 is 0 Å². The Balaban J connectivity index is 1.52. The Morgan fingerprint density at radius 2 is 2.08 bits per heavy atom. The van der Waals surface area contributed by atoms with E-state index in [1.54, 1.807) is 0 Å². The van der Waals surface area contributed by atoms with Gasteiger partial charge < -0.3 is 14.5 Å². The third-order valence-corrected chi connectivity index (χ3v) is 4.62. The highest BCUT2D eigenvalue weighted by atomic mass is 16.1. The molecule has 0 radical (unpaired) electrons. The van der Waals surface area contributed by atoms with Crippen molar-refractivity contribution in [1.82, 2.24) is 19.4 Å². The molecule has 1 aromatic carbocycles. The standard InChI is InChI=1S/C19H20N4O/c1-14-4-5-15(12-17(14)22-9-2-3-10-22)19(24)21-16-6-7-18-20-8-11-23(18)13-16/h2-5,8-12,16H,6-7,13H2,1H3,(H,21,24)/t16-/m1/s1. The van der Waals surface area contributed by atoms with E-state index in [4.69, 9.17) is 0 Å². The number of nitrogens with zero attached hydrogens (tertiary/aromatic N) is 3. The summed E-state index contributed by atoms with van der Waals surface area (Å²) in [4.78, 5) is 17.0. The fourth-order valence-corrected chi connectivity index (χ4v) is 3.28.